The Morgan fingerprint density at radius 3 is 2.71 bits per heavy atom. The van der Waals surface area contributed by atoms with E-state index in [0.717, 1.165) is 22.8 Å². The number of nitrogens with two attached hydrogens (primary N) is 1. The molecule has 0 aliphatic heterocycles. The number of hydrogen-bond donors (Lipinski definition) is 2. The molecule has 1 unspecified atom stereocenters. The molecule has 0 aliphatic carbocycles. The Morgan fingerprint density at radius 2 is 2.14 bits per heavy atom. The molecule has 0 bridgehead atoms. The second-order valence-corrected chi connectivity index (χ2v) is 6.67. The standard InChI is InChI=1S/C15H23ClN2OS.ClH/c1-11(2)6-14(8-17)18-15(19)10-20-9-12-4-3-5-13(16)7-12;/h3-5,7,11,14H,6,8-10,17H2,1-2H3,(H,18,19);1H. The number of thioether (sulfide) groups is 1. The Morgan fingerprint density at radius 1 is 1.43 bits per heavy atom. The number of nitrogens with one attached hydrogen (secondary N) is 1. The molecule has 0 heterocycles. The van der Waals surface area contributed by atoms with Gasteiger partial charge in [0.25, 0.3) is 0 Å². The molecule has 0 fully saturated rings. The third-order valence-corrected chi connectivity index (χ3v) is 4.04. The molecule has 1 atom stereocenters. The maximum absolute atomic E-state index is 11.8. The molecular formula is C15H24Cl2N2OS. The number of benzene rings is 1. The first-order chi connectivity index (χ1) is 9.51. The predicted molar refractivity (Wildman–Crippen MR) is 95.3 cm³/mol. The summed E-state index contributed by atoms with van der Waals surface area (Å²) in [4.78, 5) is 11.8. The highest BCUT2D eigenvalue weighted by atomic mass is 35.5. The zero-order valence-corrected chi connectivity index (χ0v) is 14.9. The van der Waals surface area contributed by atoms with Crippen molar-refractivity contribution in [1.82, 2.24) is 5.32 Å². The molecule has 0 saturated heterocycles. The monoisotopic (exact) mass is 350 g/mol. The summed E-state index contributed by atoms with van der Waals surface area (Å²) in [6, 6.07) is 7.78. The minimum absolute atomic E-state index is 0. The molecular weight excluding hydrogens is 327 g/mol. The van der Waals surface area contributed by atoms with Crippen molar-refractivity contribution in [3.8, 4) is 0 Å². The van der Waals surface area contributed by atoms with E-state index in [4.69, 9.17) is 17.3 Å². The normalized spacial score (nSPS) is 11.9. The summed E-state index contributed by atoms with van der Waals surface area (Å²) in [5.74, 6) is 1.81. The smallest absolute Gasteiger partial charge is 0.230 e. The molecule has 3 nitrogen and oxygen atoms in total. The molecule has 6 heteroatoms. The lowest BCUT2D eigenvalue weighted by atomic mass is 10.0. The summed E-state index contributed by atoms with van der Waals surface area (Å²) in [5, 5.41) is 3.71. The average molecular weight is 351 g/mol. The van der Waals surface area contributed by atoms with Crippen LogP contribution in [0.5, 0.6) is 0 Å². The predicted octanol–water partition coefficient (Wildman–Crippen LogP) is 3.48. The second-order valence-electron chi connectivity index (χ2n) is 5.25. The minimum atomic E-state index is 0. The number of rotatable bonds is 8. The van der Waals surface area contributed by atoms with E-state index in [2.05, 4.69) is 19.2 Å². The largest absolute Gasteiger partial charge is 0.351 e. The van der Waals surface area contributed by atoms with Gasteiger partial charge in [0.05, 0.1) is 5.75 Å². The van der Waals surface area contributed by atoms with Crippen LogP contribution in [0.1, 0.15) is 25.8 Å². The molecule has 3 N–H and O–H groups in total. The van der Waals surface area contributed by atoms with E-state index in [1.54, 1.807) is 11.8 Å². The van der Waals surface area contributed by atoms with Gasteiger partial charge in [0.2, 0.25) is 5.91 Å². The van der Waals surface area contributed by atoms with E-state index < -0.39 is 0 Å². The van der Waals surface area contributed by atoms with Gasteiger partial charge in [-0.3, -0.25) is 4.79 Å². The topological polar surface area (TPSA) is 55.1 Å². The molecule has 21 heavy (non-hydrogen) atoms. The molecule has 0 radical (unpaired) electrons. The Labute approximate surface area is 142 Å². The highest BCUT2D eigenvalue weighted by molar-refractivity contribution is 7.99. The number of carbonyl (C=O) groups excluding carboxylic acids is 1. The fourth-order valence-electron chi connectivity index (χ4n) is 1.94. The van der Waals surface area contributed by atoms with Crippen LogP contribution in [0.4, 0.5) is 0 Å². The Kier molecular flexibility index (Phi) is 11.0. The summed E-state index contributed by atoms with van der Waals surface area (Å²) >= 11 is 7.50. The van der Waals surface area contributed by atoms with Crippen LogP contribution in [0.25, 0.3) is 0 Å². The fourth-order valence-corrected chi connectivity index (χ4v) is 2.94. The zero-order chi connectivity index (χ0) is 15.0. The van der Waals surface area contributed by atoms with E-state index in [1.165, 1.54) is 0 Å². The average Bonchev–Trinajstić information content (AvgIpc) is 2.37. The molecule has 0 aromatic heterocycles. The number of hydrogen-bond acceptors (Lipinski definition) is 3. The Bertz CT molecular complexity index is 430. The van der Waals surface area contributed by atoms with Crippen LogP contribution in [0.3, 0.4) is 0 Å². The van der Waals surface area contributed by atoms with Crippen LogP contribution in [0.15, 0.2) is 24.3 Å². The molecule has 1 aromatic carbocycles. The van der Waals surface area contributed by atoms with Gasteiger partial charge < -0.3 is 11.1 Å². The van der Waals surface area contributed by atoms with Gasteiger partial charge in [-0.1, -0.05) is 37.6 Å². The van der Waals surface area contributed by atoms with Crippen molar-refractivity contribution in [3.05, 3.63) is 34.9 Å². The van der Waals surface area contributed by atoms with Gasteiger partial charge in [0, 0.05) is 23.4 Å². The third kappa shape index (κ3) is 9.25. The van der Waals surface area contributed by atoms with Crippen molar-refractivity contribution < 1.29 is 4.79 Å². The lowest BCUT2D eigenvalue weighted by molar-refractivity contribution is -0.119. The first-order valence-electron chi connectivity index (χ1n) is 6.83. The zero-order valence-electron chi connectivity index (χ0n) is 12.5. The SMILES string of the molecule is CC(C)CC(CN)NC(=O)CSCc1cccc(Cl)c1.Cl. The Balaban J connectivity index is 0.00000400. The first-order valence-corrected chi connectivity index (χ1v) is 8.36. The summed E-state index contributed by atoms with van der Waals surface area (Å²) in [6.45, 7) is 4.74. The Hall–Kier alpha value is -0.420. The van der Waals surface area contributed by atoms with E-state index in [-0.39, 0.29) is 24.4 Å². The van der Waals surface area contributed by atoms with Gasteiger partial charge in [-0.25, -0.2) is 0 Å². The number of amides is 1. The van der Waals surface area contributed by atoms with Crippen molar-refractivity contribution >= 4 is 41.7 Å². The van der Waals surface area contributed by atoms with E-state index in [9.17, 15) is 4.79 Å². The van der Waals surface area contributed by atoms with E-state index >= 15 is 0 Å². The summed E-state index contributed by atoms with van der Waals surface area (Å²) < 4.78 is 0. The minimum Gasteiger partial charge on any atom is -0.351 e. The van der Waals surface area contributed by atoms with E-state index in [1.807, 2.05) is 24.3 Å². The van der Waals surface area contributed by atoms with Crippen molar-refractivity contribution in [3.63, 3.8) is 0 Å². The van der Waals surface area contributed by atoms with Crippen LogP contribution in [0.2, 0.25) is 5.02 Å². The van der Waals surface area contributed by atoms with Crippen molar-refractivity contribution in [1.29, 1.82) is 0 Å². The van der Waals surface area contributed by atoms with Gasteiger partial charge in [-0.2, -0.15) is 0 Å². The first kappa shape index (κ1) is 20.6. The quantitative estimate of drug-likeness (QED) is 0.754. The van der Waals surface area contributed by atoms with Gasteiger partial charge in [0.1, 0.15) is 0 Å². The summed E-state index contributed by atoms with van der Waals surface area (Å²) in [5.41, 5.74) is 6.80. The molecule has 0 spiro atoms. The molecule has 0 saturated carbocycles. The van der Waals surface area contributed by atoms with Crippen LogP contribution in [-0.4, -0.2) is 24.2 Å². The van der Waals surface area contributed by atoms with Crippen LogP contribution < -0.4 is 11.1 Å². The molecule has 1 amide bonds. The van der Waals surface area contributed by atoms with Crippen molar-refractivity contribution in [2.75, 3.05) is 12.3 Å². The van der Waals surface area contributed by atoms with Crippen molar-refractivity contribution in [2.24, 2.45) is 11.7 Å². The lowest BCUT2D eigenvalue weighted by Gasteiger charge is -2.18. The van der Waals surface area contributed by atoms with Crippen LogP contribution >= 0.6 is 35.8 Å². The number of carbonyl (C=O) groups is 1. The molecule has 120 valence electrons. The van der Waals surface area contributed by atoms with Crippen LogP contribution in [0, 0.1) is 5.92 Å². The summed E-state index contributed by atoms with van der Waals surface area (Å²) in [7, 11) is 0. The highest BCUT2D eigenvalue weighted by Gasteiger charge is 2.12. The van der Waals surface area contributed by atoms with Crippen molar-refractivity contribution in [2.45, 2.75) is 32.1 Å². The van der Waals surface area contributed by atoms with Gasteiger partial charge in [0.15, 0.2) is 0 Å². The highest BCUT2D eigenvalue weighted by Crippen LogP contribution is 2.16. The maximum Gasteiger partial charge on any atom is 0.230 e. The third-order valence-electron chi connectivity index (χ3n) is 2.80. The fraction of sp³-hybridized carbons (Fsp3) is 0.533. The van der Waals surface area contributed by atoms with Gasteiger partial charge in [-0.15, -0.1) is 24.2 Å². The summed E-state index contributed by atoms with van der Waals surface area (Å²) in [6.07, 6.45) is 0.918. The van der Waals surface area contributed by atoms with Gasteiger partial charge >= 0.3 is 0 Å². The molecule has 1 aromatic rings. The second kappa shape index (κ2) is 11.2. The molecule has 1 rings (SSSR count). The maximum atomic E-state index is 11.8. The van der Waals surface area contributed by atoms with Crippen LogP contribution in [-0.2, 0) is 10.5 Å². The van der Waals surface area contributed by atoms with E-state index in [0.29, 0.717) is 18.2 Å². The molecule has 0 aliphatic rings. The lowest BCUT2D eigenvalue weighted by Crippen LogP contribution is -2.41. The number of halogens is 2. The van der Waals surface area contributed by atoms with Gasteiger partial charge in [-0.05, 0) is 30.0 Å².